The highest BCUT2D eigenvalue weighted by atomic mass is 16.2. The summed E-state index contributed by atoms with van der Waals surface area (Å²) in [7, 11) is 0. The molecule has 2 saturated heterocycles. The third kappa shape index (κ3) is 3.37. The molecule has 2 fully saturated rings. The van der Waals surface area contributed by atoms with E-state index < -0.39 is 0 Å². The predicted octanol–water partition coefficient (Wildman–Crippen LogP) is 2.77. The molecule has 0 saturated carbocycles. The molecule has 2 unspecified atom stereocenters. The van der Waals surface area contributed by atoms with Crippen LogP contribution in [0.4, 0.5) is 4.79 Å². The predicted molar refractivity (Wildman–Crippen MR) is 96.1 cm³/mol. The molecule has 3 aliphatic rings. The second-order valence-electron chi connectivity index (χ2n) is 7.93. The summed E-state index contributed by atoms with van der Waals surface area (Å²) in [4.78, 5) is 26.5. The summed E-state index contributed by atoms with van der Waals surface area (Å²) in [5.74, 6) is 0.125. The molecule has 4 rings (SSSR count). The SMILES string of the molecule is O=C1CC2(CCCN(C(=O)NC3CCCCc4ccccc43)C2)CN1. The largest absolute Gasteiger partial charge is 0.355 e. The summed E-state index contributed by atoms with van der Waals surface area (Å²) < 4.78 is 0. The monoisotopic (exact) mass is 341 g/mol. The minimum absolute atomic E-state index is 0.0279. The smallest absolute Gasteiger partial charge is 0.317 e. The highest BCUT2D eigenvalue weighted by Crippen LogP contribution is 2.36. The van der Waals surface area contributed by atoms with Gasteiger partial charge < -0.3 is 15.5 Å². The molecule has 2 heterocycles. The van der Waals surface area contributed by atoms with Crippen molar-refractivity contribution in [3.05, 3.63) is 35.4 Å². The van der Waals surface area contributed by atoms with E-state index in [1.54, 1.807) is 0 Å². The second-order valence-corrected chi connectivity index (χ2v) is 7.93. The normalized spacial score (nSPS) is 29.0. The maximum atomic E-state index is 12.9. The van der Waals surface area contributed by atoms with Gasteiger partial charge in [0.25, 0.3) is 0 Å². The number of carbonyl (C=O) groups excluding carboxylic acids is 2. The van der Waals surface area contributed by atoms with Crippen molar-refractivity contribution < 1.29 is 9.59 Å². The fourth-order valence-corrected chi connectivity index (χ4v) is 4.73. The van der Waals surface area contributed by atoms with Crippen LogP contribution < -0.4 is 10.6 Å². The van der Waals surface area contributed by atoms with Gasteiger partial charge in [0, 0.05) is 31.5 Å². The van der Waals surface area contributed by atoms with E-state index in [2.05, 4.69) is 34.9 Å². The van der Waals surface area contributed by atoms with Gasteiger partial charge in [-0.3, -0.25) is 4.79 Å². The van der Waals surface area contributed by atoms with Gasteiger partial charge in [-0.2, -0.15) is 0 Å². The topological polar surface area (TPSA) is 61.4 Å². The molecule has 1 spiro atoms. The van der Waals surface area contributed by atoms with Crippen LogP contribution in [0.2, 0.25) is 0 Å². The minimum Gasteiger partial charge on any atom is -0.355 e. The highest BCUT2D eigenvalue weighted by Gasteiger charge is 2.43. The van der Waals surface area contributed by atoms with Crippen molar-refractivity contribution in [2.24, 2.45) is 5.41 Å². The van der Waals surface area contributed by atoms with E-state index in [1.165, 1.54) is 17.5 Å². The summed E-state index contributed by atoms with van der Waals surface area (Å²) in [6.45, 7) is 2.18. The zero-order valence-corrected chi connectivity index (χ0v) is 14.7. The van der Waals surface area contributed by atoms with Crippen LogP contribution in [0.3, 0.4) is 0 Å². The summed E-state index contributed by atoms with van der Waals surface area (Å²) >= 11 is 0. The number of nitrogens with one attached hydrogen (secondary N) is 2. The summed E-state index contributed by atoms with van der Waals surface area (Å²) in [5.41, 5.74) is 2.59. The van der Waals surface area contributed by atoms with Crippen LogP contribution in [-0.4, -0.2) is 36.5 Å². The number of hydrogen-bond donors (Lipinski definition) is 2. The van der Waals surface area contributed by atoms with E-state index in [-0.39, 0.29) is 23.4 Å². The summed E-state index contributed by atoms with van der Waals surface area (Å²) in [6.07, 6.45) is 6.99. The molecule has 1 aromatic rings. The summed E-state index contributed by atoms with van der Waals surface area (Å²) in [6, 6.07) is 8.62. The van der Waals surface area contributed by atoms with Crippen LogP contribution in [0.1, 0.15) is 55.7 Å². The van der Waals surface area contributed by atoms with Gasteiger partial charge in [-0.25, -0.2) is 4.79 Å². The maximum absolute atomic E-state index is 12.9. The van der Waals surface area contributed by atoms with E-state index in [1.807, 2.05) is 4.90 Å². The van der Waals surface area contributed by atoms with Crippen molar-refractivity contribution >= 4 is 11.9 Å². The fourth-order valence-electron chi connectivity index (χ4n) is 4.73. The Bertz CT molecular complexity index is 675. The molecule has 0 aromatic heterocycles. The lowest BCUT2D eigenvalue weighted by atomic mass is 9.79. The van der Waals surface area contributed by atoms with Crippen LogP contribution in [0, 0.1) is 5.41 Å². The van der Waals surface area contributed by atoms with Crippen LogP contribution in [-0.2, 0) is 11.2 Å². The standard InChI is InChI=1S/C20H27N3O2/c24-18-12-20(13-21-18)10-5-11-23(14-20)19(25)22-17-9-4-2-7-15-6-1-3-8-16(15)17/h1,3,6,8,17H,2,4-5,7,9-14H2,(H,21,24)(H,22,25). The first kappa shape index (κ1) is 16.4. The molecular weight excluding hydrogens is 314 g/mol. The Morgan fingerprint density at radius 2 is 2.12 bits per heavy atom. The average molecular weight is 341 g/mol. The number of fused-ring (bicyclic) bond motifs is 1. The number of carbonyl (C=O) groups is 2. The van der Waals surface area contributed by atoms with Crippen molar-refractivity contribution in [2.45, 2.75) is 51.0 Å². The van der Waals surface area contributed by atoms with Gasteiger partial charge >= 0.3 is 6.03 Å². The molecule has 25 heavy (non-hydrogen) atoms. The maximum Gasteiger partial charge on any atom is 0.317 e. The van der Waals surface area contributed by atoms with E-state index in [4.69, 9.17) is 0 Å². The Labute approximate surface area is 149 Å². The molecule has 2 aliphatic heterocycles. The molecule has 5 heteroatoms. The van der Waals surface area contributed by atoms with Gasteiger partial charge in [-0.1, -0.05) is 30.7 Å². The minimum atomic E-state index is -0.0476. The zero-order chi connectivity index (χ0) is 17.3. The van der Waals surface area contributed by atoms with Gasteiger partial charge in [0.15, 0.2) is 0 Å². The number of rotatable bonds is 1. The fraction of sp³-hybridized carbons (Fsp3) is 0.600. The third-order valence-corrected chi connectivity index (χ3v) is 6.06. The van der Waals surface area contributed by atoms with Crippen molar-refractivity contribution in [1.29, 1.82) is 0 Å². The van der Waals surface area contributed by atoms with Gasteiger partial charge in [0.05, 0.1) is 6.04 Å². The molecule has 2 atom stereocenters. The van der Waals surface area contributed by atoms with E-state index in [0.29, 0.717) is 19.5 Å². The Kier molecular flexibility index (Phi) is 4.40. The first-order chi connectivity index (χ1) is 12.2. The average Bonchev–Trinajstić information content (AvgIpc) is 2.85. The summed E-state index contributed by atoms with van der Waals surface area (Å²) in [5, 5.41) is 6.23. The quantitative estimate of drug-likeness (QED) is 0.772. The number of urea groups is 1. The third-order valence-electron chi connectivity index (χ3n) is 6.06. The molecule has 1 aromatic carbocycles. The van der Waals surface area contributed by atoms with Crippen molar-refractivity contribution in [3.63, 3.8) is 0 Å². The van der Waals surface area contributed by atoms with Crippen molar-refractivity contribution in [2.75, 3.05) is 19.6 Å². The molecule has 5 nitrogen and oxygen atoms in total. The number of hydrogen-bond acceptors (Lipinski definition) is 2. The lowest BCUT2D eigenvalue weighted by molar-refractivity contribution is -0.119. The Morgan fingerprint density at radius 3 is 2.96 bits per heavy atom. The molecule has 0 bridgehead atoms. The van der Waals surface area contributed by atoms with Crippen molar-refractivity contribution in [3.8, 4) is 0 Å². The second kappa shape index (κ2) is 6.70. The highest BCUT2D eigenvalue weighted by molar-refractivity contribution is 5.80. The Morgan fingerprint density at radius 1 is 1.24 bits per heavy atom. The molecule has 1 aliphatic carbocycles. The van der Waals surface area contributed by atoms with E-state index in [9.17, 15) is 9.59 Å². The number of aryl methyl sites for hydroxylation is 1. The van der Waals surface area contributed by atoms with Crippen molar-refractivity contribution in [1.82, 2.24) is 15.5 Å². The Hall–Kier alpha value is -2.04. The first-order valence-electron chi connectivity index (χ1n) is 9.55. The number of piperidine rings is 1. The molecule has 3 amide bonds. The number of likely N-dealkylation sites (tertiary alicyclic amines) is 1. The lowest BCUT2D eigenvalue weighted by Gasteiger charge is -2.39. The first-order valence-corrected chi connectivity index (χ1v) is 9.55. The molecule has 0 radical (unpaired) electrons. The van der Waals surface area contributed by atoms with E-state index >= 15 is 0 Å². The van der Waals surface area contributed by atoms with Crippen LogP contribution in [0.5, 0.6) is 0 Å². The van der Waals surface area contributed by atoms with Gasteiger partial charge in [0.1, 0.15) is 0 Å². The van der Waals surface area contributed by atoms with Gasteiger partial charge in [-0.15, -0.1) is 0 Å². The number of nitrogens with zero attached hydrogens (tertiary/aromatic N) is 1. The van der Waals surface area contributed by atoms with Gasteiger partial charge in [0.2, 0.25) is 5.91 Å². The Balaban J connectivity index is 1.46. The van der Waals surface area contributed by atoms with Crippen LogP contribution in [0.15, 0.2) is 24.3 Å². The number of benzene rings is 1. The van der Waals surface area contributed by atoms with Crippen LogP contribution in [0.25, 0.3) is 0 Å². The molecule has 134 valence electrons. The van der Waals surface area contributed by atoms with E-state index in [0.717, 1.165) is 38.6 Å². The molecular formula is C20H27N3O2. The number of amides is 3. The van der Waals surface area contributed by atoms with Gasteiger partial charge in [-0.05, 0) is 43.2 Å². The molecule has 2 N–H and O–H groups in total. The van der Waals surface area contributed by atoms with Crippen LogP contribution >= 0.6 is 0 Å². The lowest BCUT2D eigenvalue weighted by Crippen LogP contribution is -2.51. The zero-order valence-electron chi connectivity index (χ0n) is 14.7.